The maximum absolute atomic E-state index is 5.84. The van der Waals surface area contributed by atoms with E-state index in [2.05, 4.69) is 34.3 Å². The molecule has 0 aromatic carbocycles. The van der Waals surface area contributed by atoms with Crippen LogP contribution in [0, 0.1) is 11.8 Å². The van der Waals surface area contributed by atoms with Gasteiger partial charge in [-0.3, -0.25) is 0 Å². The monoisotopic (exact) mass is 163 g/mol. The fourth-order valence-electron chi connectivity index (χ4n) is 0.882. The average Bonchev–Trinajstić information content (AvgIpc) is 1.98. The Bertz CT molecular complexity index is 146. The number of hydrogen-bond donors (Lipinski definition) is 0. The third-order valence-electron chi connectivity index (χ3n) is 2.29. The number of hydrogen-bond acceptors (Lipinski definition) is 0. The Morgan fingerprint density at radius 3 is 1.92 bits per heavy atom. The molecule has 0 saturated heterocycles. The van der Waals surface area contributed by atoms with E-state index in [1.54, 1.807) is 0 Å². The molecule has 0 saturated carbocycles. The molecule has 0 heterocycles. The van der Waals surface area contributed by atoms with E-state index in [1.165, 1.54) is 5.57 Å². The van der Waals surface area contributed by atoms with Gasteiger partial charge in [-0.1, -0.05) is 0 Å². The van der Waals surface area contributed by atoms with Gasteiger partial charge in [0.25, 0.3) is 0 Å². The van der Waals surface area contributed by atoms with Crippen LogP contribution in [0.25, 0.3) is 0 Å². The molecule has 0 aliphatic heterocycles. The molecule has 1 radical (unpaired) electrons. The van der Waals surface area contributed by atoms with Gasteiger partial charge < -0.3 is 0 Å². The van der Waals surface area contributed by atoms with Crippen molar-refractivity contribution in [1.29, 1.82) is 0 Å². The summed E-state index contributed by atoms with van der Waals surface area (Å²) in [5.41, 5.74) is 2.40. The molecule has 0 aromatic rings. The van der Waals surface area contributed by atoms with Gasteiger partial charge in [-0.15, -0.1) is 0 Å². The Balaban J connectivity index is 3.69. The summed E-state index contributed by atoms with van der Waals surface area (Å²) in [5.74, 6) is 1.09. The summed E-state index contributed by atoms with van der Waals surface area (Å²) >= 11 is 0. The van der Waals surface area contributed by atoms with Gasteiger partial charge >= 0.3 is 77.5 Å². The fraction of sp³-hybridized carbons (Fsp3) is 0.727. The number of allylic oxidation sites excluding steroid dienone is 1. The zero-order valence-electron chi connectivity index (χ0n) is 8.85. The van der Waals surface area contributed by atoms with Crippen LogP contribution < -0.4 is 0 Å². The normalized spacial score (nSPS) is 10.8. The van der Waals surface area contributed by atoms with Gasteiger partial charge in [0, 0.05) is 0 Å². The quantitative estimate of drug-likeness (QED) is 0.431. The van der Waals surface area contributed by atoms with Gasteiger partial charge in [0.15, 0.2) is 0 Å². The van der Waals surface area contributed by atoms with Crippen molar-refractivity contribution in [3.63, 3.8) is 0 Å². The van der Waals surface area contributed by atoms with E-state index >= 15 is 0 Å². The van der Waals surface area contributed by atoms with Crippen molar-refractivity contribution in [1.82, 2.24) is 0 Å². The van der Waals surface area contributed by atoms with Gasteiger partial charge in [-0.05, 0) is 0 Å². The van der Waals surface area contributed by atoms with Gasteiger partial charge in [0.05, 0.1) is 0 Å². The summed E-state index contributed by atoms with van der Waals surface area (Å²) < 4.78 is 0. The Kier molecular flexibility index (Phi) is 5.20. The summed E-state index contributed by atoms with van der Waals surface area (Å²) in [4.78, 5) is 0. The molecule has 0 atom stereocenters. The molecule has 0 rings (SSSR count). The molecule has 0 bridgehead atoms. The molecule has 0 aliphatic rings. The van der Waals surface area contributed by atoms with Crippen molar-refractivity contribution in [2.45, 2.75) is 40.5 Å². The minimum atomic E-state index is 0.505. The molecule has 1 heteroatoms. The second-order valence-corrected chi connectivity index (χ2v) is 4.04. The van der Waals surface area contributed by atoms with Crippen LogP contribution in [-0.4, -0.2) is 13.0 Å². The summed E-state index contributed by atoms with van der Waals surface area (Å²) in [6, 6.07) is 0. The summed E-state index contributed by atoms with van der Waals surface area (Å²) in [7, 11) is 5.84. The average molecular weight is 163 g/mol. The molecular formula is C11H20B. The van der Waals surface area contributed by atoms with E-state index in [0.717, 1.165) is 18.3 Å². The van der Waals surface area contributed by atoms with Gasteiger partial charge in [-0.25, -0.2) is 0 Å². The van der Waals surface area contributed by atoms with E-state index in [4.69, 9.17) is 7.49 Å². The second kappa shape index (κ2) is 5.34. The van der Waals surface area contributed by atoms with Crippen LogP contribution >= 0.6 is 0 Å². The molecule has 0 aromatic heterocycles. The van der Waals surface area contributed by atoms with Crippen LogP contribution in [0.3, 0.4) is 0 Å². The van der Waals surface area contributed by atoms with E-state index in [1.807, 2.05) is 0 Å². The fourth-order valence-corrected chi connectivity index (χ4v) is 0.882. The zero-order chi connectivity index (χ0) is 9.72. The Labute approximate surface area is 78.1 Å². The first-order chi connectivity index (χ1) is 5.45. The Hall–Kier alpha value is -0.325. The van der Waals surface area contributed by atoms with Crippen molar-refractivity contribution in [3.05, 3.63) is 12.2 Å². The molecule has 12 heavy (non-hydrogen) atoms. The molecule has 0 nitrogen and oxygen atoms in total. The molecule has 0 fully saturated rings. The van der Waals surface area contributed by atoms with Crippen molar-refractivity contribution >= 4 is 13.0 Å². The SMILES string of the molecule is [B]=C(CCC(=C)C(C)C)C(C)C. The van der Waals surface area contributed by atoms with Crippen LogP contribution in [0.4, 0.5) is 0 Å². The van der Waals surface area contributed by atoms with Gasteiger partial charge in [0.2, 0.25) is 0 Å². The third kappa shape index (κ3) is 4.53. The van der Waals surface area contributed by atoms with Crippen molar-refractivity contribution in [2.75, 3.05) is 0 Å². The van der Waals surface area contributed by atoms with Crippen molar-refractivity contribution in [2.24, 2.45) is 11.8 Å². The minimum absolute atomic E-state index is 0.505. The topological polar surface area (TPSA) is 0 Å². The van der Waals surface area contributed by atoms with Crippen LogP contribution in [0.5, 0.6) is 0 Å². The number of rotatable bonds is 5. The van der Waals surface area contributed by atoms with Crippen molar-refractivity contribution in [3.8, 4) is 0 Å². The zero-order valence-corrected chi connectivity index (χ0v) is 8.85. The summed E-state index contributed by atoms with van der Waals surface area (Å²) in [6.07, 6.45) is 2.04. The van der Waals surface area contributed by atoms with Crippen LogP contribution in [0.2, 0.25) is 0 Å². The second-order valence-electron chi connectivity index (χ2n) is 4.04. The molecule has 0 aliphatic carbocycles. The predicted octanol–water partition coefficient (Wildman–Crippen LogP) is 2.98. The Morgan fingerprint density at radius 2 is 1.58 bits per heavy atom. The van der Waals surface area contributed by atoms with Gasteiger partial charge in [-0.2, -0.15) is 0 Å². The first-order valence-corrected chi connectivity index (χ1v) is 4.74. The first kappa shape index (κ1) is 11.7. The van der Waals surface area contributed by atoms with Crippen LogP contribution in [0.1, 0.15) is 40.5 Å². The van der Waals surface area contributed by atoms with E-state index < -0.39 is 0 Å². The maximum atomic E-state index is 5.84. The van der Waals surface area contributed by atoms with E-state index in [-0.39, 0.29) is 0 Å². The molecular weight excluding hydrogens is 143 g/mol. The third-order valence-corrected chi connectivity index (χ3v) is 2.29. The van der Waals surface area contributed by atoms with Crippen LogP contribution in [0.15, 0.2) is 12.2 Å². The molecule has 0 spiro atoms. The van der Waals surface area contributed by atoms with E-state index in [0.29, 0.717) is 11.8 Å². The van der Waals surface area contributed by atoms with Crippen LogP contribution in [-0.2, 0) is 0 Å². The molecule has 0 N–H and O–H groups in total. The van der Waals surface area contributed by atoms with Crippen molar-refractivity contribution < 1.29 is 0 Å². The molecule has 0 unspecified atom stereocenters. The summed E-state index contributed by atoms with van der Waals surface area (Å²) in [6.45, 7) is 12.6. The van der Waals surface area contributed by atoms with E-state index in [9.17, 15) is 0 Å². The molecule has 67 valence electrons. The summed E-state index contributed by atoms with van der Waals surface area (Å²) in [5, 5.41) is 0. The Morgan fingerprint density at radius 1 is 1.08 bits per heavy atom. The molecule has 0 amide bonds. The van der Waals surface area contributed by atoms with Gasteiger partial charge in [0.1, 0.15) is 0 Å². The standard InChI is InChI=1S/C11H20B/c1-8(2)10(5)6-7-11(12)9(3)4/h8-9H,5-7H2,1-4H3. The first-order valence-electron chi connectivity index (χ1n) is 4.74. The predicted molar refractivity (Wildman–Crippen MR) is 58.8 cm³/mol.